The molecule has 3 aliphatic heterocycles. The van der Waals surface area contributed by atoms with Crippen LogP contribution in [0.25, 0.3) is 0 Å². The highest BCUT2D eigenvalue weighted by molar-refractivity contribution is 5.87. The number of ether oxygens (including phenoxy) is 2. The van der Waals surface area contributed by atoms with Crippen LogP contribution in [0.1, 0.15) is 37.9 Å². The molecule has 0 saturated carbocycles. The van der Waals surface area contributed by atoms with E-state index in [1.807, 2.05) is 0 Å². The van der Waals surface area contributed by atoms with Gasteiger partial charge < -0.3 is 19.7 Å². The molecule has 0 aromatic heterocycles. The van der Waals surface area contributed by atoms with Gasteiger partial charge in [-0.15, -0.1) is 0 Å². The van der Waals surface area contributed by atoms with Crippen molar-refractivity contribution in [1.29, 1.82) is 0 Å². The van der Waals surface area contributed by atoms with Crippen molar-refractivity contribution in [2.75, 3.05) is 26.2 Å². The molecule has 182 valence electrons. The molecule has 1 fully saturated rings. The third-order valence-corrected chi connectivity index (χ3v) is 6.05. The Bertz CT molecular complexity index is 982. The summed E-state index contributed by atoms with van der Waals surface area (Å²) in [6.45, 7) is 12.3. The van der Waals surface area contributed by atoms with Crippen LogP contribution in [-0.4, -0.2) is 66.6 Å². The number of aliphatic imine (C=N–C) groups is 1. The molecule has 9 nitrogen and oxygen atoms in total. The number of nitrogens with one attached hydrogen (secondary N) is 2. The molecule has 1 unspecified atom stereocenters. The number of cyclic esters (lactones) is 1. The van der Waals surface area contributed by atoms with E-state index in [0.717, 1.165) is 22.5 Å². The second kappa shape index (κ2) is 10.4. The Balaban J connectivity index is 1.28. The fourth-order valence-corrected chi connectivity index (χ4v) is 4.07. The topological polar surface area (TPSA) is 95.5 Å². The van der Waals surface area contributed by atoms with Gasteiger partial charge in [-0.2, -0.15) is 0 Å². The van der Waals surface area contributed by atoms with Crippen molar-refractivity contribution in [3.05, 3.63) is 59.4 Å². The Morgan fingerprint density at radius 3 is 2.74 bits per heavy atom. The average molecular weight is 468 g/mol. The molecule has 4 rings (SSSR count). The van der Waals surface area contributed by atoms with Crippen LogP contribution in [0.5, 0.6) is 0 Å². The van der Waals surface area contributed by atoms with Crippen molar-refractivity contribution in [3.8, 4) is 0 Å². The summed E-state index contributed by atoms with van der Waals surface area (Å²) in [5.74, 6) is 1.03. The van der Waals surface area contributed by atoms with Gasteiger partial charge in [-0.3, -0.25) is 20.0 Å². The number of rotatable bonds is 9. The third-order valence-electron chi connectivity index (χ3n) is 6.05. The van der Waals surface area contributed by atoms with Crippen LogP contribution in [0.15, 0.2) is 53.3 Å². The molecule has 2 atom stereocenters. The summed E-state index contributed by atoms with van der Waals surface area (Å²) in [6.07, 6.45) is 2.50. The Kier molecular flexibility index (Phi) is 7.33. The number of benzene rings is 1. The lowest BCUT2D eigenvalue weighted by Crippen LogP contribution is -2.54. The highest BCUT2D eigenvalue weighted by Crippen LogP contribution is 2.22. The van der Waals surface area contributed by atoms with Crippen molar-refractivity contribution < 1.29 is 19.1 Å². The van der Waals surface area contributed by atoms with E-state index in [9.17, 15) is 9.59 Å². The minimum atomic E-state index is -0.350. The molecule has 1 saturated heterocycles. The lowest BCUT2D eigenvalue weighted by atomic mass is 10.1. The molecule has 2 N–H and O–H groups in total. The van der Waals surface area contributed by atoms with Crippen LogP contribution in [0.4, 0.5) is 4.79 Å². The fourth-order valence-electron chi connectivity index (χ4n) is 4.07. The van der Waals surface area contributed by atoms with Crippen molar-refractivity contribution in [2.45, 2.75) is 45.8 Å². The maximum absolute atomic E-state index is 12.3. The molecule has 0 spiro atoms. The number of carbonyl (C=O) groups is 2. The van der Waals surface area contributed by atoms with E-state index in [4.69, 9.17) is 9.47 Å². The largest absolute Gasteiger partial charge is 0.444 e. The van der Waals surface area contributed by atoms with Crippen LogP contribution in [0, 0.1) is 5.92 Å². The molecular weight excluding hydrogens is 434 g/mol. The molecule has 0 bridgehead atoms. The van der Waals surface area contributed by atoms with Crippen molar-refractivity contribution in [1.82, 2.24) is 20.4 Å². The number of nitrogens with zero attached hydrogens (tertiary/aromatic N) is 3. The van der Waals surface area contributed by atoms with Gasteiger partial charge in [0.05, 0.1) is 12.7 Å². The van der Waals surface area contributed by atoms with E-state index in [2.05, 4.69) is 67.2 Å². The summed E-state index contributed by atoms with van der Waals surface area (Å²) < 4.78 is 11.2. The summed E-state index contributed by atoms with van der Waals surface area (Å²) in [6, 6.07) is 8.29. The molecule has 34 heavy (non-hydrogen) atoms. The Morgan fingerprint density at radius 1 is 1.32 bits per heavy atom. The van der Waals surface area contributed by atoms with Crippen LogP contribution in [0.2, 0.25) is 0 Å². The quantitative estimate of drug-likeness (QED) is 0.542. The number of amides is 2. The highest BCUT2D eigenvalue weighted by Gasteiger charge is 2.32. The molecule has 0 aliphatic carbocycles. The minimum Gasteiger partial charge on any atom is -0.444 e. The fraction of sp³-hybridized carbons (Fsp3) is 0.480. The molecule has 2 amide bonds. The smallest absolute Gasteiger partial charge is 0.415 e. The number of carbonyl (C=O) groups excluding carboxylic acids is 2. The first-order chi connectivity index (χ1) is 16.3. The third kappa shape index (κ3) is 5.48. The molecule has 3 aliphatic rings. The Morgan fingerprint density at radius 2 is 2.06 bits per heavy atom. The number of hydrogen-bond acceptors (Lipinski definition) is 7. The highest BCUT2D eigenvalue weighted by atomic mass is 16.6. The lowest BCUT2D eigenvalue weighted by Gasteiger charge is -2.38. The normalized spacial score (nSPS) is 21.1. The van der Waals surface area contributed by atoms with Gasteiger partial charge in [0.25, 0.3) is 0 Å². The van der Waals surface area contributed by atoms with E-state index < -0.39 is 0 Å². The molecule has 1 aromatic carbocycles. The first-order valence-corrected chi connectivity index (χ1v) is 11.7. The van der Waals surface area contributed by atoms with E-state index in [1.54, 1.807) is 16.0 Å². The second-order valence-electron chi connectivity index (χ2n) is 9.27. The van der Waals surface area contributed by atoms with Gasteiger partial charge in [-0.1, -0.05) is 44.7 Å². The van der Waals surface area contributed by atoms with Crippen LogP contribution >= 0.6 is 0 Å². The number of likely N-dealkylation sites (tertiary alicyclic amines) is 1. The van der Waals surface area contributed by atoms with Crippen LogP contribution < -0.4 is 10.6 Å². The average Bonchev–Trinajstić information content (AvgIpc) is 2.80. The zero-order valence-corrected chi connectivity index (χ0v) is 20.0. The maximum atomic E-state index is 12.3. The van der Waals surface area contributed by atoms with Crippen LogP contribution in [0.3, 0.4) is 0 Å². The molecule has 9 heteroatoms. The molecular formula is C25H33N5O4. The van der Waals surface area contributed by atoms with Gasteiger partial charge in [0.15, 0.2) is 6.29 Å². The predicted molar refractivity (Wildman–Crippen MR) is 129 cm³/mol. The summed E-state index contributed by atoms with van der Waals surface area (Å²) in [5.41, 5.74) is 3.07. The van der Waals surface area contributed by atoms with Gasteiger partial charge in [-0.25, -0.2) is 4.79 Å². The molecule has 1 aromatic rings. The zero-order valence-electron chi connectivity index (χ0n) is 20.0. The van der Waals surface area contributed by atoms with Gasteiger partial charge >= 0.3 is 6.09 Å². The summed E-state index contributed by atoms with van der Waals surface area (Å²) in [7, 11) is 0. The van der Waals surface area contributed by atoms with Gasteiger partial charge in [0.1, 0.15) is 12.4 Å². The van der Waals surface area contributed by atoms with E-state index in [-0.39, 0.29) is 37.0 Å². The molecule has 3 heterocycles. The summed E-state index contributed by atoms with van der Waals surface area (Å²) in [5, 5.41) is 6.82. The second-order valence-corrected chi connectivity index (χ2v) is 9.27. The monoisotopic (exact) mass is 467 g/mol. The Labute approximate surface area is 200 Å². The van der Waals surface area contributed by atoms with Crippen LogP contribution in [-0.2, 0) is 20.9 Å². The first kappa shape index (κ1) is 24.0. The Hall–Kier alpha value is -3.17. The minimum absolute atomic E-state index is 0.0333. The zero-order chi connectivity index (χ0) is 24.2. The maximum Gasteiger partial charge on any atom is 0.415 e. The standard InChI is InChI=1S/C25H33N5O4/c1-5-22(31)29-12-21(13-29)33-14-18-6-8-19(9-7-18)17(4)27-24-26-10-20-15-34-25(32)30(11-16(2)3)23(20)28-24/h5-10,16-17,21,24,27-28H,1,11-15H2,2-4H3/t17-,24?/m0/s1. The van der Waals surface area contributed by atoms with Crippen molar-refractivity contribution >= 4 is 18.2 Å². The number of hydrogen-bond donors (Lipinski definition) is 2. The first-order valence-electron chi connectivity index (χ1n) is 11.7. The van der Waals surface area contributed by atoms with Gasteiger partial charge in [-0.05, 0) is 30.0 Å². The predicted octanol–water partition coefficient (Wildman–Crippen LogP) is 2.53. The van der Waals surface area contributed by atoms with Gasteiger partial charge in [0.2, 0.25) is 5.91 Å². The van der Waals surface area contributed by atoms with Crippen molar-refractivity contribution in [2.24, 2.45) is 10.9 Å². The van der Waals surface area contributed by atoms with Gasteiger partial charge in [0, 0.05) is 37.5 Å². The summed E-state index contributed by atoms with van der Waals surface area (Å²) >= 11 is 0. The summed E-state index contributed by atoms with van der Waals surface area (Å²) in [4.78, 5) is 31.7. The SMILES string of the molecule is C=CC(=O)N1CC(OCc2ccc([C@H](C)NC3N=CC4=C(N3)N(CC(C)C)C(=O)OC4)cc2)C1. The van der Waals surface area contributed by atoms with E-state index in [0.29, 0.717) is 32.2 Å². The van der Waals surface area contributed by atoms with E-state index in [1.165, 1.54) is 6.08 Å². The molecule has 0 radical (unpaired) electrons. The van der Waals surface area contributed by atoms with Crippen molar-refractivity contribution in [3.63, 3.8) is 0 Å². The van der Waals surface area contributed by atoms with E-state index >= 15 is 0 Å². The lowest BCUT2D eigenvalue weighted by molar-refractivity contribution is -0.140.